The molecule has 1 aliphatic rings. The fraction of sp³-hybridized carbons (Fsp3) is 0.929. The number of ether oxygens (including phenoxy) is 1. The molecule has 1 fully saturated rings. The zero-order valence-corrected chi connectivity index (χ0v) is 11.9. The third-order valence-corrected chi connectivity index (χ3v) is 3.87. The quantitative estimate of drug-likeness (QED) is 0.764. The first kappa shape index (κ1) is 17.3. The summed E-state index contributed by atoms with van der Waals surface area (Å²) in [5.41, 5.74) is 5.26. The van der Waals surface area contributed by atoms with Crippen molar-refractivity contribution >= 4 is 5.97 Å². The van der Waals surface area contributed by atoms with E-state index in [1.807, 2.05) is 0 Å². The topological polar surface area (TPSA) is 52.3 Å². The van der Waals surface area contributed by atoms with Gasteiger partial charge in [-0.3, -0.25) is 4.79 Å². The maximum Gasteiger partial charge on any atom is 0.404 e. The standard InChI is InChI=1S/C14H24F3NO2/c1-2-8-20-13(19)11(12(18)14(15,16)17)9-10-6-4-3-5-7-10/h10-12H,2-9,18H2,1H3/t11-,12-/m0/s1. The molecule has 3 nitrogen and oxygen atoms in total. The van der Waals surface area contributed by atoms with Crippen molar-refractivity contribution in [3.05, 3.63) is 0 Å². The van der Waals surface area contributed by atoms with Crippen molar-refractivity contribution in [1.82, 2.24) is 0 Å². The summed E-state index contributed by atoms with van der Waals surface area (Å²) in [6.45, 7) is 1.94. The molecular weight excluding hydrogens is 271 g/mol. The van der Waals surface area contributed by atoms with E-state index in [1.165, 1.54) is 0 Å². The van der Waals surface area contributed by atoms with Gasteiger partial charge in [-0.05, 0) is 18.8 Å². The van der Waals surface area contributed by atoms with Crippen molar-refractivity contribution in [3.63, 3.8) is 0 Å². The lowest BCUT2D eigenvalue weighted by Crippen LogP contribution is -2.48. The van der Waals surface area contributed by atoms with Crippen molar-refractivity contribution in [2.45, 2.75) is 64.1 Å². The number of hydrogen-bond donors (Lipinski definition) is 1. The molecule has 118 valence electrons. The van der Waals surface area contributed by atoms with E-state index in [-0.39, 0.29) is 18.9 Å². The smallest absolute Gasteiger partial charge is 0.404 e. The van der Waals surface area contributed by atoms with E-state index in [1.54, 1.807) is 6.92 Å². The largest absolute Gasteiger partial charge is 0.465 e. The van der Waals surface area contributed by atoms with Gasteiger partial charge in [0.15, 0.2) is 0 Å². The Morgan fingerprint density at radius 2 is 1.90 bits per heavy atom. The van der Waals surface area contributed by atoms with Gasteiger partial charge in [0.25, 0.3) is 0 Å². The molecule has 0 aromatic rings. The Labute approximate surface area is 118 Å². The van der Waals surface area contributed by atoms with E-state index in [9.17, 15) is 18.0 Å². The number of nitrogens with two attached hydrogens (primary N) is 1. The van der Waals surface area contributed by atoms with Crippen LogP contribution in [-0.2, 0) is 9.53 Å². The Kier molecular flexibility index (Phi) is 6.79. The van der Waals surface area contributed by atoms with Crippen LogP contribution in [0.1, 0.15) is 51.9 Å². The molecular formula is C14H24F3NO2. The lowest BCUT2D eigenvalue weighted by molar-refractivity contribution is -0.178. The van der Waals surface area contributed by atoms with Crippen LogP contribution in [0.15, 0.2) is 0 Å². The first-order chi connectivity index (χ1) is 9.36. The van der Waals surface area contributed by atoms with Crippen LogP contribution in [0, 0.1) is 11.8 Å². The number of hydrogen-bond acceptors (Lipinski definition) is 3. The highest BCUT2D eigenvalue weighted by Gasteiger charge is 2.46. The van der Waals surface area contributed by atoms with Gasteiger partial charge >= 0.3 is 12.1 Å². The van der Waals surface area contributed by atoms with Crippen LogP contribution in [0.3, 0.4) is 0 Å². The van der Waals surface area contributed by atoms with Crippen LogP contribution in [0.4, 0.5) is 13.2 Å². The third kappa shape index (κ3) is 5.31. The van der Waals surface area contributed by atoms with Crippen LogP contribution in [0.2, 0.25) is 0 Å². The predicted octanol–water partition coefficient (Wildman–Crippen LogP) is 3.42. The van der Waals surface area contributed by atoms with E-state index in [2.05, 4.69) is 0 Å². The summed E-state index contributed by atoms with van der Waals surface area (Å²) in [5.74, 6) is -1.93. The second kappa shape index (κ2) is 7.86. The van der Waals surface area contributed by atoms with Crippen LogP contribution >= 0.6 is 0 Å². The van der Waals surface area contributed by atoms with E-state index in [0.717, 1.165) is 32.1 Å². The third-order valence-electron chi connectivity index (χ3n) is 3.87. The van der Waals surface area contributed by atoms with Gasteiger partial charge in [-0.15, -0.1) is 0 Å². The van der Waals surface area contributed by atoms with Gasteiger partial charge in [0.05, 0.1) is 12.5 Å². The summed E-state index contributed by atoms with van der Waals surface area (Å²) in [7, 11) is 0. The van der Waals surface area contributed by atoms with Crippen LogP contribution in [0.25, 0.3) is 0 Å². The van der Waals surface area contributed by atoms with Gasteiger partial charge in [-0.2, -0.15) is 13.2 Å². The molecule has 0 heterocycles. The minimum Gasteiger partial charge on any atom is -0.465 e. The van der Waals surface area contributed by atoms with Crippen LogP contribution in [0.5, 0.6) is 0 Å². The number of halogens is 3. The first-order valence-corrected chi connectivity index (χ1v) is 7.35. The monoisotopic (exact) mass is 295 g/mol. The van der Waals surface area contributed by atoms with Gasteiger partial charge in [0, 0.05) is 0 Å². The molecule has 1 rings (SSSR count). The van der Waals surface area contributed by atoms with Gasteiger partial charge in [0.1, 0.15) is 6.04 Å². The van der Waals surface area contributed by atoms with E-state index in [0.29, 0.717) is 6.42 Å². The molecule has 1 saturated carbocycles. The molecule has 1 aliphatic carbocycles. The molecule has 0 aromatic carbocycles. The van der Waals surface area contributed by atoms with E-state index < -0.39 is 24.1 Å². The molecule has 0 amide bonds. The summed E-state index contributed by atoms with van der Waals surface area (Å²) in [4.78, 5) is 11.9. The fourth-order valence-electron chi connectivity index (χ4n) is 2.71. The SMILES string of the molecule is CCCOC(=O)[C@@H](CC1CCCCC1)[C@H](N)C(F)(F)F. The molecule has 0 spiro atoms. The van der Waals surface area contributed by atoms with Gasteiger partial charge in [-0.25, -0.2) is 0 Å². The minimum absolute atomic E-state index is 0.143. The molecule has 0 saturated heterocycles. The van der Waals surface area contributed by atoms with Crippen molar-refractivity contribution in [2.75, 3.05) is 6.61 Å². The average molecular weight is 295 g/mol. The zero-order chi connectivity index (χ0) is 15.2. The Morgan fingerprint density at radius 3 is 2.40 bits per heavy atom. The number of carbonyl (C=O) groups is 1. The van der Waals surface area contributed by atoms with Crippen molar-refractivity contribution in [3.8, 4) is 0 Å². The Balaban J connectivity index is 2.69. The molecule has 2 N–H and O–H groups in total. The zero-order valence-electron chi connectivity index (χ0n) is 11.9. The molecule has 0 aromatic heterocycles. The summed E-state index contributed by atoms with van der Waals surface area (Å²) in [5, 5.41) is 0. The second-order valence-corrected chi connectivity index (χ2v) is 5.58. The molecule has 0 aliphatic heterocycles. The predicted molar refractivity (Wildman–Crippen MR) is 70.0 cm³/mol. The van der Waals surface area contributed by atoms with Crippen LogP contribution < -0.4 is 5.73 Å². The molecule has 0 unspecified atom stereocenters. The summed E-state index contributed by atoms with van der Waals surface area (Å²) in [6, 6.07) is -2.13. The van der Waals surface area contributed by atoms with E-state index >= 15 is 0 Å². The van der Waals surface area contributed by atoms with Gasteiger partial charge < -0.3 is 10.5 Å². The summed E-state index contributed by atoms with van der Waals surface area (Å²) >= 11 is 0. The minimum atomic E-state index is -4.56. The number of rotatable bonds is 6. The fourth-order valence-corrected chi connectivity index (χ4v) is 2.71. The number of alkyl halides is 3. The molecule has 2 atom stereocenters. The summed E-state index contributed by atoms with van der Waals surface area (Å²) < 4.78 is 43.3. The normalized spacial score (nSPS) is 20.4. The number of carbonyl (C=O) groups excluding carboxylic acids is 1. The molecule has 20 heavy (non-hydrogen) atoms. The van der Waals surface area contributed by atoms with Crippen molar-refractivity contribution in [2.24, 2.45) is 17.6 Å². The van der Waals surface area contributed by atoms with Crippen molar-refractivity contribution < 1.29 is 22.7 Å². The van der Waals surface area contributed by atoms with Gasteiger partial charge in [-0.1, -0.05) is 39.0 Å². The Morgan fingerprint density at radius 1 is 1.30 bits per heavy atom. The number of esters is 1. The second-order valence-electron chi connectivity index (χ2n) is 5.58. The van der Waals surface area contributed by atoms with Crippen LogP contribution in [-0.4, -0.2) is 24.8 Å². The van der Waals surface area contributed by atoms with E-state index in [4.69, 9.17) is 10.5 Å². The molecule has 0 radical (unpaired) electrons. The molecule has 0 bridgehead atoms. The maximum absolute atomic E-state index is 12.8. The van der Waals surface area contributed by atoms with Crippen molar-refractivity contribution in [1.29, 1.82) is 0 Å². The molecule has 6 heteroatoms. The highest BCUT2D eigenvalue weighted by atomic mass is 19.4. The Bertz CT molecular complexity index is 301. The first-order valence-electron chi connectivity index (χ1n) is 7.35. The van der Waals surface area contributed by atoms with Gasteiger partial charge in [0.2, 0.25) is 0 Å². The Hall–Kier alpha value is -0.780. The summed E-state index contributed by atoms with van der Waals surface area (Å²) in [6.07, 6.45) is 1.11. The lowest BCUT2D eigenvalue weighted by atomic mass is 9.80. The highest BCUT2D eigenvalue weighted by Crippen LogP contribution is 2.34. The average Bonchev–Trinajstić information content (AvgIpc) is 2.41. The lowest BCUT2D eigenvalue weighted by Gasteiger charge is -2.29. The highest BCUT2D eigenvalue weighted by molar-refractivity contribution is 5.73. The maximum atomic E-state index is 12.8.